The Morgan fingerprint density at radius 2 is 1.57 bits per heavy atom. The summed E-state index contributed by atoms with van der Waals surface area (Å²) in [5, 5.41) is 1.33. The molecular weight excluding hydrogens is 254 g/mol. The van der Waals surface area contributed by atoms with Crippen molar-refractivity contribution in [3.05, 3.63) is 41.1 Å². The molecule has 2 aromatic rings. The average Bonchev–Trinajstić information content (AvgIpc) is 2.51. The summed E-state index contributed by atoms with van der Waals surface area (Å²) >= 11 is 0. The number of rotatable bonds is 8. The van der Waals surface area contributed by atoms with Crippen LogP contribution in [0, 0.1) is 0 Å². The molecule has 0 aliphatic rings. The molecule has 114 valence electrons. The molecule has 2 rings (SSSR count). The highest BCUT2D eigenvalue weighted by Crippen LogP contribution is 2.22. The Hall–Kier alpha value is -1.37. The predicted octanol–water partition coefficient (Wildman–Crippen LogP) is 5.87. The van der Waals surface area contributed by atoms with Gasteiger partial charge in [0.05, 0.1) is 5.52 Å². The fourth-order valence-corrected chi connectivity index (χ4v) is 2.89. The van der Waals surface area contributed by atoms with Gasteiger partial charge in [0.1, 0.15) is 0 Å². The highest BCUT2D eigenvalue weighted by Gasteiger charge is 2.07. The summed E-state index contributed by atoms with van der Waals surface area (Å²) in [5.41, 5.74) is 5.41. The summed E-state index contributed by atoms with van der Waals surface area (Å²) in [6.07, 6.45) is 9.67. The van der Waals surface area contributed by atoms with Gasteiger partial charge in [-0.05, 0) is 61.4 Å². The largest absolute Gasteiger partial charge is 0.253 e. The van der Waals surface area contributed by atoms with Gasteiger partial charge in [-0.15, -0.1) is 0 Å². The second-order valence-corrected chi connectivity index (χ2v) is 6.08. The minimum absolute atomic E-state index is 1.12. The number of aryl methyl sites for hydroxylation is 3. The third-order valence-electron chi connectivity index (χ3n) is 4.15. The van der Waals surface area contributed by atoms with E-state index in [1.807, 2.05) is 0 Å². The number of hydrogen-bond acceptors (Lipinski definition) is 1. The van der Waals surface area contributed by atoms with Crippen LogP contribution in [0.5, 0.6) is 0 Å². The van der Waals surface area contributed by atoms with Gasteiger partial charge < -0.3 is 0 Å². The van der Waals surface area contributed by atoms with Gasteiger partial charge in [0.25, 0.3) is 0 Å². The predicted molar refractivity (Wildman–Crippen MR) is 93.0 cm³/mol. The van der Waals surface area contributed by atoms with Crippen molar-refractivity contribution in [3.8, 4) is 0 Å². The number of unbranched alkanes of at least 4 members (excludes halogenated alkanes) is 2. The summed E-state index contributed by atoms with van der Waals surface area (Å²) < 4.78 is 0. The third-order valence-corrected chi connectivity index (χ3v) is 4.15. The minimum atomic E-state index is 1.12. The van der Waals surface area contributed by atoms with Gasteiger partial charge in [-0.3, -0.25) is 4.98 Å². The van der Waals surface area contributed by atoms with Crippen molar-refractivity contribution in [2.24, 2.45) is 0 Å². The van der Waals surface area contributed by atoms with Gasteiger partial charge in [0, 0.05) is 11.1 Å². The van der Waals surface area contributed by atoms with Gasteiger partial charge in [-0.1, -0.05) is 46.1 Å². The summed E-state index contributed by atoms with van der Waals surface area (Å²) in [6, 6.07) is 9.21. The maximum Gasteiger partial charge on any atom is 0.0705 e. The molecule has 1 aromatic carbocycles. The third kappa shape index (κ3) is 4.30. The van der Waals surface area contributed by atoms with Crippen molar-refractivity contribution in [1.29, 1.82) is 0 Å². The van der Waals surface area contributed by atoms with Crippen molar-refractivity contribution in [2.45, 2.75) is 72.1 Å². The first-order chi connectivity index (χ1) is 10.3. The highest BCUT2D eigenvalue weighted by atomic mass is 14.7. The van der Waals surface area contributed by atoms with Crippen molar-refractivity contribution < 1.29 is 0 Å². The molecule has 1 nitrogen and oxygen atoms in total. The lowest BCUT2D eigenvalue weighted by molar-refractivity contribution is 0.762. The van der Waals surface area contributed by atoms with Gasteiger partial charge >= 0.3 is 0 Å². The quantitative estimate of drug-likeness (QED) is 0.590. The maximum absolute atomic E-state index is 4.95. The van der Waals surface area contributed by atoms with Crippen LogP contribution in [0.15, 0.2) is 24.3 Å². The summed E-state index contributed by atoms with van der Waals surface area (Å²) in [6.45, 7) is 6.76. The van der Waals surface area contributed by atoms with Crippen LogP contribution in [0.25, 0.3) is 10.9 Å². The molecule has 0 spiro atoms. The highest BCUT2D eigenvalue weighted by molar-refractivity contribution is 5.80. The smallest absolute Gasteiger partial charge is 0.0705 e. The molecule has 0 radical (unpaired) electrons. The van der Waals surface area contributed by atoms with Crippen molar-refractivity contribution >= 4 is 10.9 Å². The lowest BCUT2D eigenvalue weighted by Gasteiger charge is -2.11. The number of hydrogen-bond donors (Lipinski definition) is 0. The van der Waals surface area contributed by atoms with Crippen LogP contribution in [-0.2, 0) is 19.3 Å². The standard InChI is InChI=1S/C20H29N/c1-4-7-10-16-12-13-20-18(14-16)15-17(9-6-3)19(21-20)11-8-5-2/h12-15H,4-11H2,1-3H3. The molecule has 0 bridgehead atoms. The van der Waals surface area contributed by atoms with E-state index in [0.717, 1.165) is 12.8 Å². The zero-order valence-electron chi connectivity index (χ0n) is 13.9. The van der Waals surface area contributed by atoms with Crippen molar-refractivity contribution in [2.75, 3.05) is 0 Å². The fraction of sp³-hybridized carbons (Fsp3) is 0.550. The molecule has 0 saturated heterocycles. The Kier molecular flexibility index (Phi) is 6.22. The Balaban J connectivity index is 2.34. The lowest BCUT2D eigenvalue weighted by Crippen LogP contribution is -1.99. The van der Waals surface area contributed by atoms with Crippen LogP contribution in [-0.4, -0.2) is 4.98 Å². The van der Waals surface area contributed by atoms with Crippen LogP contribution in [0.2, 0.25) is 0 Å². The number of fused-ring (bicyclic) bond motifs is 1. The molecule has 0 aliphatic carbocycles. The van der Waals surface area contributed by atoms with E-state index in [1.165, 1.54) is 66.2 Å². The fourth-order valence-electron chi connectivity index (χ4n) is 2.89. The van der Waals surface area contributed by atoms with Gasteiger partial charge in [0.15, 0.2) is 0 Å². The molecular formula is C20H29N. The van der Waals surface area contributed by atoms with Crippen molar-refractivity contribution in [1.82, 2.24) is 4.98 Å². The molecule has 1 heteroatoms. The Morgan fingerprint density at radius 1 is 0.810 bits per heavy atom. The normalized spacial score (nSPS) is 11.2. The van der Waals surface area contributed by atoms with Crippen molar-refractivity contribution in [3.63, 3.8) is 0 Å². The second-order valence-electron chi connectivity index (χ2n) is 6.08. The SMILES string of the molecule is CCCCc1ccc2nc(CCCC)c(CCC)cc2c1. The maximum atomic E-state index is 4.95. The summed E-state index contributed by atoms with van der Waals surface area (Å²) in [4.78, 5) is 4.95. The van der Waals surface area contributed by atoms with E-state index in [0.29, 0.717) is 0 Å². The van der Waals surface area contributed by atoms with Crippen LogP contribution in [0.4, 0.5) is 0 Å². The van der Waals surface area contributed by atoms with Gasteiger partial charge in [0.2, 0.25) is 0 Å². The molecule has 0 saturated carbocycles. The monoisotopic (exact) mass is 283 g/mol. The number of aromatic nitrogens is 1. The molecule has 0 aliphatic heterocycles. The average molecular weight is 283 g/mol. The van der Waals surface area contributed by atoms with Crippen LogP contribution in [0.1, 0.15) is 69.7 Å². The Morgan fingerprint density at radius 3 is 2.29 bits per heavy atom. The second kappa shape index (κ2) is 8.17. The molecule has 0 unspecified atom stereocenters. The van der Waals surface area contributed by atoms with E-state index in [2.05, 4.69) is 45.0 Å². The summed E-state index contributed by atoms with van der Waals surface area (Å²) in [5.74, 6) is 0. The summed E-state index contributed by atoms with van der Waals surface area (Å²) in [7, 11) is 0. The topological polar surface area (TPSA) is 12.9 Å². The van der Waals surface area contributed by atoms with Gasteiger partial charge in [-0.25, -0.2) is 0 Å². The van der Waals surface area contributed by atoms with E-state index in [9.17, 15) is 0 Å². The molecule has 0 atom stereocenters. The molecule has 0 N–H and O–H groups in total. The van der Waals surface area contributed by atoms with E-state index in [1.54, 1.807) is 0 Å². The van der Waals surface area contributed by atoms with E-state index in [4.69, 9.17) is 4.98 Å². The zero-order chi connectivity index (χ0) is 15.1. The molecule has 1 aromatic heterocycles. The number of benzene rings is 1. The molecule has 0 fully saturated rings. The van der Waals surface area contributed by atoms with Crippen LogP contribution < -0.4 is 0 Å². The van der Waals surface area contributed by atoms with E-state index in [-0.39, 0.29) is 0 Å². The first kappa shape index (κ1) is 16.0. The minimum Gasteiger partial charge on any atom is -0.253 e. The van der Waals surface area contributed by atoms with Crippen LogP contribution >= 0.6 is 0 Å². The first-order valence-corrected chi connectivity index (χ1v) is 8.69. The first-order valence-electron chi connectivity index (χ1n) is 8.69. The zero-order valence-corrected chi connectivity index (χ0v) is 13.9. The number of nitrogens with zero attached hydrogens (tertiary/aromatic N) is 1. The van der Waals surface area contributed by atoms with E-state index < -0.39 is 0 Å². The number of pyridine rings is 1. The Bertz CT molecular complexity index is 571. The van der Waals surface area contributed by atoms with Crippen LogP contribution in [0.3, 0.4) is 0 Å². The lowest BCUT2D eigenvalue weighted by atomic mass is 9.99. The van der Waals surface area contributed by atoms with E-state index >= 15 is 0 Å². The molecule has 21 heavy (non-hydrogen) atoms. The molecule has 0 amide bonds. The Labute approximate surface area is 129 Å². The molecule has 1 heterocycles. The van der Waals surface area contributed by atoms with Gasteiger partial charge in [-0.2, -0.15) is 0 Å².